The topological polar surface area (TPSA) is 50.4 Å². The van der Waals surface area contributed by atoms with E-state index >= 15 is 0 Å². The molecule has 0 atom stereocenters. The Balaban J connectivity index is 1.55. The molecule has 1 aliphatic carbocycles. The standard InChI is InChI=1S/C22H27BrN2O2/c1-16-7-10-20(11-8-16)25-22(26)15-27-21-12-9-18(23)13-17(21)14-24-19-5-3-2-4-6-19/h7-13,19,24H,2-6,14-15H2,1H3,(H,25,26). The number of benzene rings is 2. The van der Waals surface area contributed by atoms with Crippen LogP contribution in [0.5, 0.6) is 5.75 Å². The Kier molecular flexibility index (Phi) is 7.30. The molecule has 0 spiro atoms. The minimum atomic E-state index is -0.159. The van der Waals surface area contributed by atoms with Crippen LogP contribution in [0.2, 0.25) is 0 Å². The third kappa shape index (κ3) is 6.36. The molecule has 4 nitrogen and oxygen atoms in total. The van der Waals surface area contributed by atoms with Crippen LogP contribution >= 0.6 is 15.9 Å². The van der Waals surface area contributed by atoms with Gasteiger partial charge < -0.3 is 15.4 Å². The molecule has 27 heavy (non-hydrogen) atoms. The van der Waals surface area contributed by atoms with Gasteiger partial charge in [0.25, 0.3) is 5.91 Å². The zero-order valence-corrected chi connectivity index (χ0v) is 17.3. The van der Waals surface area contributed by atoms with E-state index in [9.17, 15) is 4.79 Å². The molecule has 0 bridgehead atoms. The highest BCUT2D eigenvalue weighted by Crippen LogP contribution is 2.25. The van der Waals surface area contributed by atoms with Crippen molar-refractivity contribution >= 4 is 27.5 Å². The molecule has 2 aromatic carbocycles. The lowest BCUT2D eigenvalue weighted by Crippen LogP contribution is -2.30. The first-order chi connectivity index (χ1) is 13.1. The fourth-order valence-corrected chi connectivity index (χ4v) is 3.77. The smallest absolute Gasteiger partial charge is 0.262 e. The van der Waals surface area contributed by atoms with Gasteiger partial charge >= 0.3 is 0 Å². The van der Waals surface area contributed by atoms with Gasteiger partial charge in [-0.1, -0.05) is 52.9 Å². The Morgan fingerprint density at radius 2 is 1.85 bits per heavy atom. The number of hydrogen-bond acceptors (Lipinski definition) is 3. The maximum atomic E-state index is 12.2. The Labute approximate surface area is 169 Å². The lowest BCUT2D eigenvalue weighted by atomic mass is 9.95. The fourth-order valence-electron chi connectivity index (χ4n) is 3.37. The third-order valence-electron chi connectivity index (χ3n) is 4.90. The number of anilines is 1. The SMILES string of the molecule is Cc1ccc(NC(=O)COc2ccc(Br)cc2CNC2CCCCC2)cc1. The number of halogens is 1. The van der Waals surface area contributed by atoms with Crippen LogP contribution in [0.3, 0.4) is 0 Å². The van der Waals surface area contributed by atoms with Crippen molar-refractivity contribution in [3.8, 4) is 5.75 Å². The summed E-state index contributed by atoms with van der Waals surface area (Å²) in [5.41, 5.74) is 3.01. The predicted molar refractivity (Wildman–Crippen MR) is 113 cm³/mol. The van der Waals surface area contributed by atoms with E-state index in [4.69, 9.17) is 4.74 Å². The molecule has 3 rings (SSSR count). The number of rotatable bonds is 7. The van der Waals surface area contributed by atoms with E-state index in [2.05, 4.69) is 32.6 Å². The van der Waals surface area contributed by atoms with E-state index in [-0.39, 0.29) is 12.5 Å². The van der Waals surface area contributed by atoms with Crippen LogP contribution in [0.25, 0.3) is 0 Å². The van der Waals surface area contributed by atoms with Crippen LogP contribution in [-0.2, 0) is 11.3 Å². The number of hydrogen-bond donors (Lipinski definition) is 2. The van der Waals surface area contributed by atoms with Gasteiger partial charge in [0.15, 0.2) is 6.61 Å². The summed E-state index contributed by atoms with van der Waals surface area (Å²) in [5, 5.41) is 6.50. The van der Waals surface area contributed by atoms with Crippen molar-refractivity contribution < 1.29 is 9.53 Å². The maximum absolute atomic E-state index is 12.2. The Morgan fingerprint density at radius 1 is 1.11 bits per heavy atom. The van der Waals surface area contributed by atoms with Crippen LogP contribution in [0, 0.1) is 6.92 Å². The number of carbonyl (C=O) groups excluding carboxylic acids is 1. The molecule has 1 saturated carbocycles. The minimum absolute atomic E-state index is 0.00800. The number of aryl methyl sites for hydroxylation is 1. The number of amides is 1. The zero-order chi connectivity index (χ0) is 19.1. The van der Waals surface area contributed by atoms with E-state index in [1.165, 1.54) is 32.1 Å². The van der Waals surface area contributed by atoms with Gasteiger partial charge in [0.1, 0.15) is 5.75 Å². The van der Waals surface area contributed by atoms with Crippen molar-refractivity contribution in [1.82, 2.24) is 5.32 Å². The minimum Gasteiger partial charge on any atom is -0.483 e. The van der Waals surface area contributed by atoms with Gasteiger partial charge in [-0.2, -0.15) is 0 Å². The first-order valence-corrected chi connectivity index (χ1v) is 10.4. The molecule has 1 amide bonds. The van der Waals surface area contributed by atoms with Gasteiger partial charge in [-0.3, -0.25) is 4.79 Å². The summed E-state index contributed by atoms with van der Waals surface area (Å²) in [7, 11) is 0. The number of carbonyl (C=O) groups is 1. The average Bonchev–Trinajstić information content (AvgIpc) is 2.68. The second-order valence-electron chi connectivity index (χ2n) is 7.17. The van der Waals surface area contributed by atoms with Crippen molar-refractivity contribution in [1.29, 1.82) is 0 Å². The largest absolute Gasteiger partial charge is 0.483 e. The van der Waals surface area contributed by atoms with Crippen LogP contribution in [0.4, 0.5) is 5.69 Å². The summed E-state index contributed by atoms with van der Waals surface area (Å²) < 4.78 is 6.83. The first kappa shape index (κ1) is 19.9. The van der Waals surface area contributed by atoms with E-state index in [0.717, 1.165) is 33.6 Å². The summed E-state index contributed by atoms with van der Waals surface area (Å²) in [6, 6.07) is 14.2. The first-order valence-electron chi connectivity index (χ1n) is 9.61. The van der Waals surface area contributed by atoms with E-state index in [0.29, 0.717) is 6.04 Å². The highest BCUT2D eigenvalue weighted by Gasteiger charge is 2.14. The number of nitrogens with one attached hydrogen (secondary N) is 2. The number of ether oxygens (including phenoxy) is 1. The van der Waals surface area contributed by atoms with Crippen LogP contribution in [0.15, 0.2) is 46.9 Å². The molecule has 0 aliphatic heterocycles. The van der Waals surface area contributed by atoms with Crippen LogP contribution < -0.4 is 15.4 Å². The summed E-state index contributed by atoms with van der Waals surface area (Å²) in [5.74, 6) is 0.591. The molecule has 0 unspecified atom stereocenters. The van der Waals surface area contributed by atoms with Crippen molar-refractivity contribution in [3.05, 3.63) is 58.1 Å². The molecular formula is C22H27BrN2O2. The molecule has 2 aromatic rings. The van der Waals surface area contributed by atoms with Gasteiger partial charge in [-0.05, 0) is 50.1 Å². The highest BCUT2D eigenvalue weighted by atomic mass is 79.9. The molecule has 144 valence electrons. The third-order valence-corrected chi connectivity index (χ3v) is 5.40. The Morgan fingerprint density at radius 3 is 2.59 bits per heavy atom. The lowest BCUT2D eigenvalue weighted by molar-refractivity contribution is -0.118. The molecule has 2 N–H and O–H groups in total. The molecule has 0 heterocycles. The molecule has 0 aromatic heterocycles. The Hall–Kier alpha value is -1.85. The van der Waals surface area contributed by atoms with Gasteiger partial charge in [-0.25, -0.2) is 0 Å². The fraction of sp³-hybridized carbons (Fsp3) is 0.409. The molecule has 5 heteroatoms. The second-order valence-corrected chi connectivity index (χ2v) is 8.09. The monoisotopic (exact) mass is 430 g/mol. The Bertz CT molecular complexity index is 755. The van der Waals surface area contributed by atoms with Crippen molar-refractivity contribution in [3.63, 3.8) is 0 Å². The quantitative estimate of drug-likeness (QED) is 0.634. The highest BCUT2D eigenvalue weighted by molar-refractivity contribution is 9.10. The van der Waals surface area contributed by atoms with Crippen molar-refractivity contribution in [2.24, 2.45) is 0 Å². The normalized spacial score (nSPS) is 14.7. The summed E-state index contributed by atoms with van der Waals surface area (Å²) in [4.78, 5) is 12.2. The average molecular weight is 431 g/mol. The van der Waals surface area contributed by atoms with Crippen molar-refractivity contribution in [2.45, 2.75) is 51.6 Å². The lowest BCUT2D eigenvalue weighted by Gasteiger charge is -2.23. The molecule has 0 radical (unpaired) electrons. The molecule has 0 saturated heterocycles. The van der Waals surface area contributed by atoms with Gasteiger partial charge in [0.2, 0.25) is 0 Å². The summed E-state index contributed by atoms with van der Waals surface area (Å²) >= 11 is 3.53. The zero-order valence-electron chi connectivity index (χ0n) is 15.8. The van der Waals surface area contributed by atoms with Crippen molar-refractivity contribution in [2.75, 3.05) is 11.9 Å². The van der Waals surface area contributed by atoms with Crippen LogP contribution in [-0.4, -0.2) is 18.6 Å². The van der Waals surface area contributed by atoms with E-state index < -0.39 is 0 Å². The molecule has 1 fully saturated rings. The second kappa shape index (κ2) is 9.90. The van der Waals surface area contributed by atoms with Crippen LogP contribution in [0.1, 0.15) is 43.2 Å². The van der Waals surface area contributed by atoms with Gasteiger partial charge in [0, 0.05) is 28.3 Å². The molecule has 1 aliphatic rings. The summed E-state index contributed by atoms with van der Waals surface area (Å²) in [6.45, 7) is 2.76. The van der Waals surface area contributed by atoms with E-state index in [1.807, 2.05) is 43.3 Å². The molecular weight excluding hydrogens is 404 g/mol. The van der Waals surface area contributed by atoms with Gasteiger partial charge in [-0.15, -0.1) is 0 Å². The summed E-state index contributed by atoms with van der Waals surface area (Å²) in [6.07, 6.45) is 6.43. The maximum Gasteiger partial charge on any atom is 0.262 e. The predicted octanol–water partition coefficient (Wildman–Crippen LogP) is 5.20. The van der Waals surface area contributed by atoms with E-state index in [1.54, 1.807) is 0 Å². The van der Waals surface area contributed by atoms with Gasteiger partial charge in [0.05, 0.1) is 0 Å².